The Hall–Kier alpha value is -4.07. The monoisotopic (exact) mass is 670 g/mol. The molecule has 264 valence electrons. The lowest BCUT2D eigenvalue weighted by atomic mass is 9.84. The number of methoxy groups -OCH3 is 3. The van der Waals surface area contributed by atoms with Gasteiger partial charge in [-0.15, -0.1) is 0 Å². The van der Waals surface area contributed by atoms with Crippen LogP contribution in [0.3, 0.4) is 0 Å². The first-order valence-electron chi connectivity index (χ1n) is 16.3. The Labute approximate surface area is 282 Å². The predicted octanol–water partition coefficient (Wildman–Crippen LogP) is 3.25. The number of allylic oxidation sites excluding steroid dienone is 4. The lowest BCUT2D eigenvalue weighted by molar-refractivity contribution is -0.121. The van der Waals surface area contributed by atoms with Crippen molar-refractivity contribution in [3.05, 3.63) is 58.1 Å². The Kier molecular flexibility index (Phi) is 14.3. The summed E-state index contributed by atoms with van der Waals surface area (Å²) in [7, 11) is 4.25. The van der Waals surface area contributed by atoms with E-state index in [1.807, 2.05) is 11.9 Å². The van der Waals surface area contributed by atoms with Crippen molar-refractivity contribution in [3.8, 4) is 0 Å². The highest BCUT2D eigenvalue weighted by molar-refractivity contribution is 6.32. The van der Waals surface area contributed by atoms with Crippen LogP contribution in [-0.2, 0) is 33.3 Å². The molecule has 3 aliphatic rings. The number of amides is 2. The molecule has 4 N–H and O–H groups in total. The van der Waals surface area contributed by atoms with Gasteiger partial charge in [-0.2, -0.15) is 5.10 Å². The number of hydrogen-bond acceptors (Lipinski definition) is 11. The van der Waals surface area contributed by atoms with Gasteiger partial charge in [0.1, 0.15) is 11.8 Å². The number of nitrogens with two attached hydrogens (primary N) is 1. The third-order valence-electron chi connectivity index (χ3n) is 8.82. The van der Waals surface area contributed by atoms with Crippen LogP contribution >= 0.6 is 0 Å². The normalized spacial score (nSPS) is 28.8. The Balaban J connectivity index is 2.15. The number of primary amides is 1. The van der Waals surface area contributed by atoms with Crippen molar-refractivity contribution in [1.82, 2.24) is 10.3 Å². The zero-order valence-electron chi connectivity index (χ0n) is 29.0. The SMILES string of the molecule is COC1=C2CC(C)CC(OC)C(O)C(C)C=C(C)C(OC(N)=O)C(OC)C=CC=C(C)C(=O)NC(=C(/C=N\N3CCCCC3)C1=O)C2=O. The molecule has 0 aromatic carbocycles. The molecule has 6 unspecified atom stereocenters. The van der Waals surface area contributed by atoms with Crippen LogP contribution < -0.4 is 11.1 Å². The molecule has 0 aromatic heterocycles. The number of aliphatic hydroxyl groups is 1. The summed E-state index contributed by atoms with van der Waals surface area (Å²) in [6.07, 6.45) is 6.77. The number of carbonyl (C=O) groups excluding carboxylic acids is 4. The molecule has 13 nitrogen and oxygen atoms in total. The number of nitrogens with one attached hydrogen (secondary N) is 1. The van der Waals surface area contributed by atoms with E-state index in [2.05, 4.69) is 10.4 Å². The van der Waals surface area contributed by atoms with Crippen LogP contribution in [0.25, 0.3) is 0 Å². The van der Waals surface area contributed by atoms with Gasteiger partial charge in [0.15, 0.2) is 11.9 Å². The molecule has 2 aliphatic heterocycles. The van der Waals surface area contributed by atoms with Gasteiger partial charge in [-0.3, -0.25) is 19.4 Å². The molecule has 0 spiro atoms. The van der Waals surface area contributed by atoms with Crippen molar-refractivity contribution >= 4 is 29.8 Å². The highest BCUT2D eigenvalue weighted by Crippen LogP contribution is 2.31. The van der Waals surface area contributed by atoms with Crippen molar-refractivity contribution in [3.63, 3.8) is 0 Å². The first-order valence-corrected chi connectivity index (χ1v) is 16.3. The van der Waals surface area contributed by atoms with Gasteiger partial charge in [-0.1, -0.05) is 38.2 Å². The number of rotatable bonds is 6. The van der Waals surface area contributed by atoms with E-state index in [1.165, 1.54) is 33.6 Å². The van der Waals surface area contributed by atoms with E-state index in [0.717, 1.165) is 19.3 Å². The summed E-state index contributed by atoms with van der Waals surface area (Å²) in [5.74, 6) is -2.58. The van der Waals surface area contributed by atoms with E-state index in [9.17, 15) is 24.3 Å². The maximum atomic E-state index is 14.1. The number of ketones is 2. The molecule has 0 aromatic rings. The Morgan fingerprint density at radius 2 is 1.75 bits per heavy atom. The Morgan fingerprint density at radius 1 is 1.06 bits per heavy atom. The minimum Gasteiger partial charge on any atom is -0.492 e. The summed E-state index contributed by atoms with van der Waals surface area (Å²) in [5, 5.41) is 20.3. The molecule has 6 atom stereocenters. The van der Waals surface area contributed by atoms with Gasteiger partial charge in [-0.05, 0) is 57.4 Å². The van der Waals surface area contributed by atoms with E-state index >= 15 is 0 Å². The molecule has 1 aliphatic carbocycles. The maximum absolute atomic E-state index is 14.1. The quantitative estimate of drug-likeness (QED) is 0.216. The summed E-state index contributed by atoms with van der Waals surface area (Å²) in [4.78, 5) is 53.3. The molecule has 2 amide bonds. The van der Waals surface area contributed by atoms with Gasteiger partial charge in [-0.25, -0.2) is 4.79 Å². The second-order valence-corrected chi connectivity index (χ2v) is 12.5. The summed E-state index contributed by atoms with van der Waals surface area (Å²) in [6, 6.07) is 0. The number of fused-ring (bicyclic) bond motifs is 2. The number of aliphatic hydroxyl groups excluding tert-OH is 1. The fourth-order valence-corrected chi connectivity index (χ4v) is 6.12. The minimum atomic E-state index is -1.01. The number of ether oxygens (including phenoxy) is 4. The number of carbonyl (C=O) groups is 4. The van der Waals surface area contributed by atoms with Crippen LogP contribution in [0.15, 0.2) is 63.2 Å². The fraction of sp³-hybridized carbons (Fsp3) is 0.571. The Morgan fingerprint density at radius 3 is 2.35 bits per heavy atom. The number of Topliss-reactive ketones (excluding diaryl/α,β-unsaturated/α-hetero) is 2. The molecule has 1 fully saturated rings. The van der Waals surface area contributed by atoms with Gasteiger partial charge in [0, 0.05) is 44.4 Å². The number of hydrazone groups is 1. The Bertz CT molecular complexity index is 1400. The maximum Gasteiger partial charge on any atom is 0.405 e. The van der Waals surface area contributed by atoms with Gasteiger partial charge in [0.2, 0.25) is 11.6 Å². The van der Waals surface area contributed by atoms with Crippen molar-refractivity contribution in [2.24, 2.45) is 22.7 Å². The first-order chi connectivity index (χ1) is 22.8. The zero-order chi connectivity index (χ0) is 35.5. The van der Waals surface area contributed by atoms with Gasteiger partial charge < -0.3 is 35.1 Å². The van der Waals surface area contributed by atoms with Crippen LogP contribution in [0.4, 0.5) is 4.79 Å². The first kappa shape index (κ1) is 38.4. The molecule has 0 saturated carbocycles. The van der Waals surface area contributed by atoms with E-state index in [4.69, 9.17) is 24.7 Å². The summed E-state index contributed by atoms with van der Waals surface area (Å²) in [5.41, 5.74) is 6.03. The fourth-order valence-electron chi connectivity index (χ4n) is 6.12. The van der Waals surface area contributed by atoms with Crippen molar-refractivity contribution in [2.75, 3.05) is 34.4 Å². The van der Waals surface area contributed by atoms with E-state index < -0.39 is 53.9 Å². The lowest BCUT2D eigenvalue weighted by Crippen LogP contribution is -2.38. The number of hydrogen-bond donors (Lipinski definition) is 3. The minimum absolute atomic E-state index is 0.0761. The second kappa shape index (κ2) is 17.9. The van der Waals surface area contributed by atoms with Crippen molar-refractivity contribution in [1.29, 1.82) is 0 Å². The third-order valence-corrected chi connectivity index (χ3v) is 8.82. The smallest absolute Gasteiger partial charge is 0.405 e. The summed E-state index contributed by atoms with van der Waals surface area (Å²) < 4.78 is 22.2. The van der Waals surface area contributed by atoms with Gasteiger partial charge >= 0.3 is 6.09 Å². The zero-order valence-corrected chi connectivity index (χ0v) is 29.0. The van der Waals surface area contributed by atoms with Gasteiger partial charge in [0.05, 0.1) is 31.1 Å². The van der Waals surface area contributed by atoms with Crippen LogP contribution in [0.1, 0.15) is 59.8 Å². The molecule has 2 bridgehead atoms. The molecular weight excluding hydrogens is 620 g/mol. The molecule has 13 heteroatoms. The van der Waals surface area contributed by atoms with Crippen LogP contribution in [-0.4, -0.2) is 98.7 Å². The lowest BCUT2D eigenvalue weighted by Gasteiger charge is -2.30. The molecular formula is C35H50N4O9. The summed E-state index contributed by atoms with van der Waals surface area (Å²) in [6.45, 7) is 8.39. The third kappa shape index (κ3) is 9.74. The van der Waals surface area contributed by atoms with Crippen molar-refractivity contribution < 1.29 is 43.2 Å². The van der Waals surface area contributed by atoms with Crippen molar-refractivity contribution in [2.45, 2.75) is 84.2 Å². The average molecular weight is 671 g/mol. The number of piperidine rings is 1. The molecule has 1 saturated heterocycles. The predicted molar refractivity (Wildman–Crippen MR) is 179 cm³/mol. The van der Waals surface area contributed by atoms with Gasteiger partial charge in [0.25, 0.3) is 5.91 Å². The second-order valence-electron chi connectivity index (χ2n) is 12.5. The average Bonchev–Trinajstić information content (AvgIpc) is 3.06. The summed E-state index contributed by atoms with van der Waals surface area (Å²) >= 11 is 0. The largest absolute Gasteiger partial charge is 0.492 e. The standard InChI is InChI=1S/C35H50N4O9/c1-20-16-24-30(41)28(25(31(42)33(24)47-7)19-37-39-14-9-8-10-15-39)38-34(43)21(2)12-11-13-26(45-5)32(48-35(36)44)23(4)18-22(3)29(40)27(17-20)46-6/h11-13,18-20,22,26-27,29,32,40H,8-10,14-17H2,1-7H3,(H2,36,44)(H,38,43)/b13-11?,21-12?,23-18?,37-19-. The van der Waals surface area contributed by atoms with E-state index in [1.54, 1.807) is 39.0 Å². The van der Waals surface area contributed by atoms with Crippen LogP contribution in [0, 0.1) is 11.8 Å². The molecule has 2 heterocycles. The molecule has 3 rings (SSSR count). The topological polar surface area (TPSA) is 179 Å². The molecule has 0 radical (unpaired) electrons. The highest BCUT2D eigenvalue weighted by atomic mass is 16.6. The van der Waals surface area contributed by atoms with E-state index in [-0.39, 0.29) is 40.5 Å². The number of nitrogens with zero attached hydrogens (tertiary/aromatic N) is 2. The van der Waals surface area contributed by atoms with E-state index in [0.29, 0.717) is 25.1 Å². The van der Waals surface area contributed by atoms with Crippen LogP contribution in [0.2, 0.25) is 0 Å². The highest BCUT2D eigenvalue weighted by Gasteiger charge is 2.38. The van der Waals surface area contributed by atoms with Crippen LogP contribution in [0.5, 0.6) is 0 Å². The molecule has 48 heavy (non-hydrogen) atoms.